The van der Waals surface area contributed by atoms with E-state index in [0.29, 0.717) is 38.2 Å². The Labute approximate surface area is 160 Å². The van der Waals surface area contributed by atoms with E-state index in [0.717, 1.165) is 18.4 Å². The number of carboxylic acids is 1. The zero-order valence-corrected chi connectivity index (χ0v) is 16.1. The Hall–Kier alpha value is -2.37. The Bertz CT molecular complexity index is 715. The molecule has 0 saturated carbocycles. The van der Waals surface area contributed by atoms with Gasteiger partial charge in [-0.25, -0.2) is 0 Å². The fraction of sp³-hybridized carbons (Fsp3) is 0.571. The summed E-state index contributed by atoms with van der Waals surface area (Å²) in [5, 5.41) is 9.26. The Balaban J connectivity index is 1.62. The summed E-state index contributed by atoms with van der Waals surface area (Å²) in [6.07, 6.45) is 2.10. The number of aryl methyl sites for hydroxylation is 1. The maximum Gasteiger partial charge on any atom is 0.306 e. The smallest absolute Gasteiger partial charge is 0.306 e. The van der Waals surface area contributed by atoms with Crippen LogP contribution >= 0.6 is 0 Å². The molecular formula is C21H28N2O4. The summed E-state index contributed by atoms with van der Waals surface area (Å²) >= 11 is 0. The van der Waals surface area contributed by atoms with Gasteiger partial charge < -0.3 is 14.9 Å². The molecule has 0 radical (unpaired) electrons. The molecule has 2 aliphatic heterocycles. The fourth-order valence-corrected chi connectivity index (χ4v) is 4.21. The van der Waals surface area contributed by atoms with E-state index in [1.54, 1.807) is 9.80 Å². The lowest BCUT2D eigenvalue weighted by Crippen LogP contribution is -2.51. The molecule has 2 aliphatic rings. The molecule has 3 rings (SSSR count). The van der Waals surface area contributed by atoms with Crippen molar-refractivity contribution in [2.75, 3.05) is 26.2 Å². The van der Waals surface area contributed by atoms with E-state index in [-0.39, 0.29) is 29.6 Å². The van der Waals surface area contributed by atoms with Crippen molar-refractivity contribution >= 4 is 17.8 Å². The molecule has 27 heavy (non-hydrogen) atoms. The van der Waals surface area contributed by atoms with Crippen LogP contribution in [0.15, 0.2) is 24.3 Å². The summed E-state index contributed by atoms with van der Waals surface area (Å²) < 4.78 is 0. The van der Waals surface area contributed by atoms with Crippen LogP contribution in [0.5, 0.6) is 0 Å². The zero-order valence-electron chi connectivity index (χ0n) is 16.1. The number of hydrogen-bond donors (Lipinski definition) is 1. The Morgan fingerprint density at radius 3 is 2.33 bits per heavy atom. The van der Waals surface area contributed by atoms with Crippen LogP contribution in [0.1, 0.15) is 42.1 Å². The molecule has 3 unspecified atom stereocenters. The van der Waals surface area contributed by atoms with Crippen LogP contribution in [-0.4, -0.2) is 58.9 Å². The highest BCUT2D eigenvalue weighted by atomic mass is 16.4. The number of rotatable bonds is 3. The normalized spacial score (nSPS) is 25.9. The molecule has 0 spiro atoms. The molecule has 1 aromatic rings. The van der Waals surface area contributed by atoms with Gasteiger partial charge in [0.1, 0.15) is 0 Å². The van der Waals surface area contributed by atoms with Crippen LogP contribution in [0.25, 0.3) is 0 Å². The van der Waals surface area contributed by atoms with E-state index in [4.69, 9.17) is 0 Å². The lowest BCUT2D eigenvalue weighted by molar-refractivity contribution is -0.150. The van der Waals surface area contributed by atoms with Crippen LogP contribution < -0.4 is 0 Å². The van der Waals surface area contributed by atoms with Crippen molar-refractivity contribution in [3.8, 4) is 0 Å². The SMILES string of the molecule is Cc1ccc(C(=O)N2CCCC(C(=O)N3CCC(C(=O)O)C(C)C3)C2)cc1. The summed E-state index contributed by atoms with van der Waals surface area (Å²) in [7, 11) is 0. The first kappa shape index (κ1) is 19.4. The van der Waals surface area contributed by atoms with Crippen molar-refractivity contribution in [2.45, 2.75) is 33.1 Å². The third kappa shape index (κ3) is 4.31. The van der Waals surface area contributed by atoms with Crippen molar-refractivity contribution in [2.24, 2.45) is 17.8 Å². The van der Waals surface area contributed by atoms with Gasteiger partial charge in [0.2, 0.25) is 5.91 Å². The predicted octanol–water partition coefficient (Wildman–Crippen LogP) is 2.42. The van der Waals surface area contributed by atoms with Crippen molar-refractivity contribution in [3.63, 3.8) is 0 Å². The van der Waals surface area contributed by atoms with Gasteiger partial charge in [0.15, 0.2) is 0 Å². The van der Waals surface area contributed by atoms with Crippen LogP contribution in [0.4, 0.5) is 0 Å². The largest absolute Gasteiger partial charge is 0.481 e. The second kappa shape index (κ2) is 8.11. The Morgan fingerprint density at radius 1 is 1.00 bits per heavy atom. The average molecular weight is 372 g/mol. The maximum absolute atomic E-state index is 13.0. The first-order valence-electron chi connectivity index (χ1n) is 9.74. The number of benzene rings is 1. The van der Waals surface area contributed by atoms with E-state index < -0.39 is 5.97 Å². The molecule has 2 amide bonds. The highest BCUT2D eigenvalue weighted by molar-refractivity contribution is 5.94. The Morgan fingerprint density at radius 2 is 1.70 bits per heavy atom. The number of carboxylic acid groups (broad SMARTS) is 1. The second-order valence-electron chi connectivity index (χ2n) is 7.95. The fourth-order valence-electron chi connectivity index (χ4n) is 4.21. The van der Waals surface area contributed by atoms with E-state index >= 15 is 0 Å². The highest BCUT2D eigenvalue weighted by Crippen LogP contribution is 2.27. The topological polar surface area (TPSA) is 77.9 Å². The summed E-state index contributed by atoms with van der Waals surface area (Å²) in [5.41, 5.74) is 1.77. The van der Waals surface area contributed by atoms with Crippen LogP contribution in [-0.2, 0) is 9.59 Å². The number of likely N-dealkylation sites (tertiary alicyclic amines) is 2. The van der Waals surface area contributed by atoms with Crippen molar-refractivity contribution in [1.82, 2.24) is 9.80 Å². The summed E-state index contributed by atoms with van der Waals surface area (Å²) in [6, 6.07) is 7.52. The van der Waals surface area contributed by atoms with E-state index in [9.17, 15) is 19.5 Å². The van der Waals surface area contributed by atoms with E-state index in [1.165, 1.54) is 0 Å². The van der Waals surface area contributed by atoms with Gasteiger partial charge in [-0.15, -0.1) is 0 Å². The third-order valence-electron chi connectivity index (χ3n) is 5.89. The molecule has 2 fully saturated rings. The molecule has 6 heteroatoms. The van der Waals surface area contributed by atoms with Gasteiger partial charge in [-0.1, -0.05) is 24.6 Å². The zero-order chi connectivity index (χ0) is 19.6. The van der Waals surface area contributed by atoms with Gasteiger partial charge in [-0.05, 0) is 44.2 Å². The van der Waals surface area contributed by atoms with Crippen molar-refractivity contribution in [3.05, 3.63) is 35.4 Å². The van der Waals surface area contributed by atoms with Gasteiger partial charge >= 0.3 is 5.97 Å². The van der Waals surface area contributed by atoms with Crippen molar-refractivity contribution < 1.29 is 19.5 Å². The molecule has 0 aromatic heterocycles. The quantitative estimate of drug-likeness (QED) is 0.884. The first-order valence-corrected chi connectivity index (χ1v) is 9.74. The molecule has 146 valence electrons. The average Bonchev–Trinajstić information content (AvgIpc) is 2.67. The maximum atomic E-state index is 13.0. The lowest BCUT2D eigenvalue weighted by atomic mass is 9.86. The van der Waals surface area contributed by atoms with Gasteiger partial charge in [-0.2, -0.15) is 0 Å². The molecular weight excluding hydrogens is 344 g/mol. The van der Waals surface area contributed by atoms with Crippen LogP contribution in [0.2, 0.25) is 0 Å². The molecule has 1 N–H and O–H groups in total. The third-order valence-corrected chi connectivity index (χ3v) is 5.89. The van der Waals surface area contributed by atoms with Gasteiger partial charge in [0, 0.05) is 31.7 Å². The van der Waals surface area contributed by atoms with E-state index in [1.807, 2.05) is 38.1 Å². The lowest BCUT2D eigenvalue weighted by Gasteiger charge is -2.39. The molecule has 2 heterocycles. The summed E-state index contributed by atoms with van der Waals surface area (Å²) in [4.78, 5) is 40.6. The highest BCUT2D eigenvalue weighted by Gasteiger charge is 2.37. The van der Waals surface area contributed by atoms with Gasteiger partial charge in [0.25, 0.3) is 5.91 Å². The number of carbonyl (C=O) groups excluding carboxylic acids is 2. The molecule has 0 aliphatic carbocycles. The molecule has 2 saturated heterocycles. The minimum atomic E-state index is -0.776. The first-order chi connectivity index (χ1) is 12.9. The van der Waals surface area contributed by atoms with Crippen molar-refractivity contribution in [1.29, 1.82) is 0 Å². The second-order valence-corrected chi connectivity index (χ2v) is 7.95. The number of carbonyl (C=O) groups is 3. The number of nitrogens with zero attached hydrogens (tertiary/aromatic N) is 2. The minimum Gasteiger partial charge on any atom is -0.481 e. The Kier molecular flexibility index (Phi) is 5.82. The standard InChI is InChI=1S/C21H28N2O4/c1-14-5-7-16(8-6-14)19(24)22-10-3-4-17(13-22)20(25)23-11-9-18(21(26)27)15(2)12-23/h5-8,15,17-18H,3-4,9-13H2,1-2H3,(H,26,27). The predicted molar refractivity (Wildman–Crippen MR) is 101 cm³/mol. The molecule has 0 bridgehead atoms. The molecule has 1 aromatic carbocycles. The van der Waals surface area contributed by atoms with Gasteiger partial charge in [-0.3, -0.25) is 14.4 Å². The number of amides is 2. The van der Waals surface area contributed by atoms with Crippen LogP contribution in [0.3, 0.4) is 0 Å². The molecule has 6 nitrogen and oxygen atoms in total. The summed E-state index contributed by atoms with van der Waals surface area (Å²) in [5.74, 6) is -1.35. The monoisotopic (exact) mass is 372 g/mol. The number of aliphatic carboxylic acids is 1. The minimum absolute atomic E-state index is 0.0227. The summed E-state index contributed by atoms with van der Waals surface area (Å²) in [6.45, 7) is 5.97. The van der Waals surface area contributed by atoms with Crippen LogP contribution in [0, 0.1) is 24.7 Å². The number of piperidine rings is 2. The number of hydrogen-bond acceptors (Lipinski definition) is 3. The van der Waals surface area contributed by atoms with E-state index in [2.05, 4.69) is 0 Å². The molecule has 3 atom stereocenters. The van der Waals surface area contributed by atoms with Gasteiger partial charge in [0.05, 0.1) is 11.8 Å².